The Morgan fingerprint density at radius 2 is 1.96 bits per heavy atom. The summed E-state index contributed by atoms with van der Waals surface area (Å²) >= 11 is 0. The number of aromatic nitrogens is 5. The molecule has 1 amide bonds. The van der Waals surface area contributed by atoms with Crippen molar-refractivity contribution in [2.45, 2.75) is 6.54 Å². The molecule has 3 N–H and O–H groups in total. The van der Waals surface area contributed by atoms with Crippen LogP contribution in [0, 0.1) is 0 Å². The average molecular weight is 334 g/mol. The number of hydrogen-bond donors (Lipinski definition) is 3. The number of benzene rings is 2. The summed E-state index contributed by atoms with van der Waals surface area (Å²) in [6.45, 7) is 0.261. The van der Waals surface area contributed by atoms with Crippen molar-refractivity contribution >= 4 is 17.0 Å². The minimum atomic E-state index is -1.05. The number of amides is 1. The van der Waals surface area contributed by atoms with Crippen molar-refractivity contribution in [2.75, 3.05) is 0 Å². The van der Waals surface area contributed by atoms with E-state index >= 15 is 0 Å². The zero-order chi connectivity index (χ0) is 17.2. The van der Waals surface area contributed by atoms with E-state index in [0.29, 0.717) is 5.69 Å². The van der Waals surface area contributed by atoms with Gasteiger partial charge in [0.2, 0.25) is 0 Å². The van der Waals surface area contributed by atoms with E-state index in [4.69, 9.17) is 5.11 Å². The third-order valence-corrected chi connectivity index (χ3v) is 3.85. The van der Waals surface area contributed by atoms with Gasteiger partial charge in [-0.25, -0.2) is 9.48 Å². The lowest BCUT2D eigenvalue weighted by Gasteiger charge is -2.03. The van der Waals surface area contributed by atoms with Crippen LogP contribution in [-0.4, -0.2) is 36.4 Å². The van der Waals surface area contributed by atoms with Gasteiger partial charge in [-0.15, -0.1) is 5.10 Å². The van der Waals surface area contributed by atoms with E-state index in [1.165, 1.54) is 0 Å². The minimum absolute atomic E-state index is 0.261. The highest BCUT2D eigenvalue weighted by Crippen LogP contribution is 2.24. The van der Waals surface area contributed by atoms with Crippen molar-refractivity contribution < 1.29 is 9.90 Å². The standard InChI is InChI=1S/C17H14N6O2/c24-17(25)18-9-11-5-7-12(8-6-11)23-10-15(20-22-23)16-13-3-1-2-4-14(13)19-21-16/h1-8,10,18H,9H2,(H,19,21)(H,24,25). The molecule has 2 heterocycles. The van der Waals surface area contributed by atoms with Crippen LogP contribution < -0.4 is 5.32 Å². The molecule has 2 aromatic heterocycles. The SMILES string of the molecule is O=C(O)NCc1ccc(-n2cc(-c3n[nH]c4ccccc34)nn2)cc1. The zero-order valence-electron chi connectivity index (χ0n) is 13.0. The minimum Gasteiger partial charge on any atom is -0.465 e. The Morgan fingerprint density at radius 1 is 1.16 bits per heavy atom. The van der Waals surface area contributed by atoms with E-state index in [1.54, 1.807) is 4.68 Å². The van der Waals surface area contributed by atoms with Crippen LogP contribution in [0.25, 0.3) is 28.0 Å². The second-order valence-corrected chi connectivity index (χ2v) is 5.49. The Hall–Kier alpha value is -3.68. The summed E-state index contributed by atoms with van der Waals surface area (Å²) < 4.78 is 1.66. The fourth-order valence-electron chi connectivity index (χ4n) is 2.60. The molecule has 4 rings (SSSR count). The van der Waals surface area contributed by atoms with Crippen LogP contribution in [-0.2, 0) is 6.54 Å². The quantitative estimate of drug-likeness (QED) is 0.531. The van der Waals surface area contributed by atoms with Crippen LogP contribution in [0.5, 0.6) is 0 Å². The lowest BCUT2D eigenvalue weighted by atomic mass is 10.2. The van der Waals surface area contributed by atoms with Crippen LogP contribution in [0.1, 0.15) is 5.56 Å². The van der Waals surface area contributed by atoms with Crippen LogP contribution in [0.2, 0.25) is 0 Å². The third-order valence-electron chi connectivity index (χ3n) is 3.85. The van der Waals surface area contributed by atoms with Gasteiger partial charge in [0.05, 0.1) is 17.4 Å². The van der Waals surface area contributed by atoms with Crippen LogP contribution >= 0.6 is 0 Å². The normalized spacial score (nSPS) is 10.9. The number of aromatic amines is 1. The number of para-hydroxylation sites is 1. The summed E-state index contributed by atoms with van der Waals surface area (Å²) in [5.74, 6) is 0. The maximum atomic E-state index is 10.5. The zero-order valence-corrected chi connectivity index (χ0v) is 13.0. The molecule has 0 saturated carbocycles. The Balaban J connectivity index is 1.60. The molecule has 0 aliphatic heterocycles. The Kier molecular flexibility index (Phi) is 3.62. The first-order chi connectivity index (χ1) is 12.2. The lowest BCUT2D eigenvalue weighted by Crippen LogP contribution is -2.19. The predicted molar refractivity (Wildman–Crippen MR) is 91.3 cm³/mol. The van der Waals surface area contributed by atoms with Gasteiger partial charge in [0.1, 0.15) is 11.4 Å². The van der Waals surface area contributed by atoms with Gasteiger partial charge in [-0.05, 0) is 23.8 Å². The first kappa shape index (κ1) is 14.9. The Morgan fingerprint density at radius 3 is 2.76 bits per heavy atom. The molecule has 2 aromatic carbocycles. The molecule has 0 spiro atoms. The summed E-state index contributed by atoms with van der Waals surface area (Å²) in [5.41, 5.74) is 4.07. The van der Waals surface area contributed by atoms with Gasteiger partial charge in [-0.3, -0.25) is 5.10 Å². The molecule has 25 heavy (non-hydrogen) atoms. The smallest absolute Gasteiger partial charge is 0.404 e. The summed E-state index contributed by atoms with van der Waals surface area (Å²) in [6.07, 6.45) is 0.767. The predicted octanol–water partition coefficient (Wildman–Crippen LogP) is 2.58. The highest BCUT2D eigenvalue weighted by molar-refractivity contribution is 5.91. The van der Waals surface area contributed by atoms with Crippen molar-refractivity contribution in [3.05, 3.63) is 60.3 Å². The molecular weight excluding hydrogens is 320 g/mol. The van der Waals surface area contributed by atoms with Crippen LogP contribution in [0.3, 0.4) is 0 Å². The summed E-state index contributed by atoms with van der Waals surface area (Å²) in [5, 5.41) is 27.6. The summed E-state index contributed by atoms with van der Waals surface area (Å²) in [4.78, 5) is 10.5. The van der Waals surface area contributed by atoms with Crippen molar-refractivity contribution in [3.8, 4) is 17.1 Å². The molecule has 4 aromatic rings. The first-order valence-corrected chi connectivity index (χ1v) is 7.62. The molecule has 0 radical (unpaired) electrons. The van der Waals surface area contributed by atoms with E-state index in [9.17, 15) is 4.79 Å². The van der Waals surface area contributed by atoms with Crippen LogP contribution in [0.15, 0.2) is 54.7 Å². The van der Waals surface area contributed by atoms with Gasteiger partial charge < -0.3 is 10.4 Å². The van der Waals surface area contributed by atoms with Crippen molar-refractivity contribution in [3.63, 3.8) is 0 Å². The molecule has 124 valence electrons. The monoisotopic (exact) mass is 334 g/mol. The second kappa shape index (κ2) is 6.08. The number of nitrogens with zero attached hydrogens (tertiary/aromatic N) is 4. The Labute approximate surface area is 142 Å². The third kappa shape index (κ3) is 2.92. The maximum absolute atomic E-state index is 10.5. The van der Waals surface area contributed by atoms with E-state index in [2.05, 4.69) is 25.8 Å². The van der Waals surface area contributed by atoms with Crippen LogP contribution in [0.4, 0.5) is 4.79 Å². The largest absolute Gasteiger partial charge is 0.465 e. The van der Waals surface area contributed by atoms with E-state index in [-0.39, 0.29) is 6.54 Å². The fourth-order valence-corrected chi connectivity index (χ4v) is 2.60. The Bertz CT molecular complexity index is 1030. The fraction of sp³-hybridized carbons (Fsp3) is 0.0588. The molecule has 0 bridgehead atoms. The number of H-pyrrole nitrogens is 1. The molecule has 8 heteroatoms. The summed E-state index contributed by atoms with van der Waals surface area (Å²) in [6, 6.07) is 15.3. The molecule has 0 aliphatic carbocycles. The number of nitrogens with one attached hydrogen (secondary N) is 2. The van der Waals surface area contributed by atoms with Gasteiger partial charge >= 0.3 is 6.09 Å². The van der Waals surface area contributed by atoms with Crippen molar-refractivity contribution in [1.29, 1.82) is 0 Å². The highest BCUT2D eigenvalue weighted by atomic mass is 16.4. The number of carboxylic acid groups (broad SMARTS) is 1. The van der Waals surface area contributed by atoms with E-state index in [0.717, 1.165) is 27.8 Å². The molecule has 0 aliphatic rings. The van der Waals surface area contributed by atoms with Gasteiger partial charge in [0, 0.05) is 11.9 Å². The van der Waals surface area contributed by atoms with E-state index in [1.807, 2.05) is 54.7 Å². The molecule has 8 nitrogen and oxygen atoms in total. The molecule has 0 unspecified atom stereocenters. The van der Waals surface area contributed by atoms with Crippen molar-refractivity contribution in [1.82, 2.24) is 30.5 Å². The molecule has 0 fully saturated rings. The first-order valence-electron chi connectivity index (χ1n) is 7.62. The number of carbonyl (C=O) groups is 1. The van der Waals surface area contributed by atoms with Gasteiger partial charge in [0.25, 0.3) is 0 Å². The van der Waals surface area contributed by atoms with Gasteiger partial charge in [0.15, 0.2) is 0 Å². The number of hydrogen-bond acceptors (Lipinski definition) is 4. The van der Waals surface area contributed by atoms with Gasteiger partial charge in [-0.2, -0.15) is 5.10 Å². The number of fused-ring (bicyclic) bond motifs is 1. The molecule has 0 atom stereocenters. The molecule has 0 saturated heterocycles. The number of rotatable bonds is 4. The maximum Gasteiger partial charge on any atom is 0.404 e. The summed E-state index contributed by atoms with van der Waals surface area (Å²) in [7, 11) is 0. The van der Waals surface area contributed by atoms with Gasteiger partial charge in [-0.1, -0.05) is 35.5 Å². The van der Waals surface area contributed by atoms with E-state index < -0.39 is 6.09 Å². The lowest BCUT2D eigenvalue weighted by molar-refractivity contribution is 0.194. The molecular formula is C17H14N6O2. The highest BCUT2D eigenvalue weighted by Gasteiger charge is 2.12. The van der Waals surface area contributed by atoms with Crippen molar-refractivity contribution in [2.24, 2.45) is 0 Å². The second-order valence-electron chi connectivity index (χ2n) is 5.49. The topological polar surface area (TPSA) is 109 Å². The average Bonchev–Trinajstić information content (AvgIpc) is 3.27.